The van der Waals surface area contributed by atoms with Crippen LogP contribution in [0, 0.1) is 0 Å². The standard InChI is InChI=1S/C8H4ClNO2/c9-12-8-6-4-2-1-3-5(6)7(11)10-8/h1-4H. The topological polar surface area (TPSA) is 38.7 Å². The summed E-state index contributed by atoms with van der Waals surface area (Å²) in [5.41, 5.74) is 1.19. The average Bonchev–Trinajstić information content (AvgIpc) is 2.44. The molecule has 1 aromatic carbocycles. The maximum absolute atomic E-state index is 11.1. The van der Waals surface area contributed by atoms with Gasteiger partial charge in [-0.1, -0.05) is 12.1 Å². The van der Waals surface area contributed by atoms with E-state index in [0.29, 0.717) is 11.1 Å². The third kappa shape index (κ3) is 0.905. The van der Waals surface area contributed by atoms with Gasteiger partial charge in [-0.05, 0) is 12.1 Å². The number of carbonyl (C=O) groups excluding carboxylic acids is 1. The summed E-state index contributed by atoms with van der Waals surface area (Å²) in [7, 11) is 0. The second kappa shape index (κ2) is 2.60. The number of hydrogen-bond donors (Lipinski definition) is 0. The van der Waals surface area contributed by atoms with Crippen molar-refractivity contribution in [2.45, 2.75) is 0 Å². The van der Waals surface area contributed by atoms with Crippen LogP contribution in [0.3, 0.4) is 0 Å². The zero-order valence-electron chi connectivity index (χ0n) is 5.95. The molecule has 0 fully saturated rings. The van der Waals surface area contributed by atoms with E-state index in [9.17, 15) is 4.79 Å². The second-order valence-corrected chi connectivity index (χ2v) is 2.50. The molecule has 1 aliphatic heterocycles. The molecule has 60 valence electrons. The maximum Gasteiger partial charge on any atom is 0.281 e. The summed E-state index contributed by atoms with van der Waals surface area (Å²) in [6.07, 6.45) is 0. The molecule has 12 heavy (non-hydrogen) atoms. The molecule has 0 saturated heterocycles. The molecule has 0 atom stereocenters. The van der Waals surface area contributed by atoms with Crippen LogP contribution >= 0.6 is 11.9 Å². The van der Waals surface area contributed by atoms with Crippen LogP contribution in [-0.4, -0.2) is 11.8 Å². The van der Waals surface area contributed by atoms with E-state index >= 15 is 0 Å². The van der Waals surface area contributed by atoms with Crippen LogP contribution in [0.25, 0.3) is 0 Å². The fraction of sp³-hybridized carbons (Fsp3) is 0. The first-order chi connectivity index (χ1) is 5.83. The Kier molecular flexibility index (Phi) is 1.59. The highest BCUT2D eigenvalue weighted by Crippen LogP contribution is 2.19. The van der Waals surface area contributed by atoms with Crippen LogP contribution in [0.4, 0.5) is 0 Å². The average molecular weight is 182 g/mol. The molecule has 0 aromatic heterocycles. The van der Waals surface area contributed by atoms with Crippen LogP contribution in [0.15, 0.2) is 29.3 Å². The van der Waals surface area contributed by atoms with Gasteiger partial charge in [-0.2, -0.15) is 4.99 Å². The molecule has 0 spiro atoms. The van der Waals surface area contributed by atoms with Crippen molar-refractivity contribution in [3.05, 3.63) is 35.4 Å². The highest BCUT2D eigenvalue weighted by atomic mass is 35.5. The van der Waals surface area contributed by atoms with E-state index in [0.717, 1.165) is 0 Å². The predicted molar refractivity (Wildman–Crippen MR) is 44.2 cm³/mol. The van der Waals surface area contributed by atoms with E-state index in [1.807, 2.05) is 0 Å². The molecular weight excluding hydrogens is 178 g/mol. The van der Waals surface area contributed by atoms with Gasteiger partial charge in [0.2, 0.25) is 5.90 Å². The number of hydrogen-bond acceptors (Lipinski definition) is 2. The second-order valence-electron chi connectivity index (χ2n) is 2.34. The first-order valence-electron chi connectivity index (χ1n) is 3.34. The zero-order chi connectivity index (χ0) is 8.55. The molecular formula is C8H4ClNO2. The van der Waals surface area contributed by atoms with Gasteiger partial charge in [0.05, 0.1) is 11.1 Å². The fourth-order valence-electron chi connectivity index (χ4n) is 1.13. The van der Waals surface area contributed by atoms with Gasteiger partial charge < -0.3 is 4.29 Å². The molecule has 4 heteroatoms. The van der Waals surface area contributed by atoms with E-state index < -0.39 is 0 Å². The monoisotopic (exact) mass is 181 g/mol. The summed E-state index contributed by atoms with van der Waals surface area (Å²) in [5.74, 6) is -0.126. The molecule has 0 radical (unpaired) electrons. The van der Waals surface area contributed by atoms with Crippen molar-refractivity contribution in [1.29, 1.82) is 0 Å². The van der Waals surface area contributed by atoms with E-state index in [1.54, 1.807) is 24.3 Å². The zero-order valence-corrected chi connectivity index (χ0v) is 6.71. The quantitative estimate of drug-likeness (QED) is 0.612. The van der Waals surface area contributed by atoms with Crippen molar-refractivity contribution in [3.63, 3.8) is 0 Å². The third-order valence-electron chi connectivity index (χ3n) is 1.66. The molecule has 1 aromatic rings. The Morgan fingerprint density at radius 3 is 2.58 bits per heavy atom. The molecule has 0 unspecified atom stereocenters. The normalized spacial score (nSPS) is 14.1. The maximum atomic E-state index is 11.1. The number of benzene rings is 1. The molecule has 1 aliphatic rings. The summed E-state index contributed by atoms with van der Waals surface area (Å²) in [5, 5.41) is 0. The lowest BCUT2D eigenvalue weighted by Crippen LogP contribution is -1.96. The minimum absolute atomic E-state index is 0.178. The van der Waals surface area contributed by atoms with Crippen LogP contribution < -0.4 is 0 Å². The molecule has 0 aliphatic carbocycles. The Balaban J connectivity index is 2.60. The SMILES string of the molecule is O=C1N=C(OCl)c2ccccc21. The van der Waals surface area contributed by atoms with Gasteiger partial charge in [-0.25, -0.2) is 0 Å². The molecule has 1 heterocycles. The minimum Gasteiger partial charge on any atom is -0.364 e. The number of nitrogens with zero attached hydrogens (tertiary/aromatic N) is 1. The van der Waals surface area contributed by atoms with Crippen molar-refractivity contribution >= 4 is 23.7 Å². The largest absolute Gasteiger partial charge is 0.364 e. The van der Waals surface area contributed by atoms with Crippen molar-refractivity contribution in [1.82, 2.24) is 0 Å². The van der Waals surface area contributed by atoms with Gasteiger partial charge in [0, 0.05) is 0 Å². The van der Waals surface area contributed by atoms with Crippen LogP contribution in [0.2, 0.25) is 0 Å². The summed E-state index contributed by atoms with van der Waals surface area (Å²) in [6, 6.07) is 6.98. The summed E-state index contributed by atoms with van der Waals surface area (Å²) in [4.78, 5) is 14.7. The molecule has 3 nitrogen and oxygen atoms in total. The minimum atomic E-state index is -0.304. The lowest BCUT2D eigenvalue weighted by molar-refractivity contribution is 0.101. The van der Waals surface area contributed by atoms with Gasteiger partial charge in [0.1, 0.15) is 11.9 Å². The van der Waals surface area contributed by atoms with E-state index in [4.69, 9.17) is 11.9 Å². The summed E-state index contributed by atoms with van der Waals surface area (Å²) < 4.78 is 4.41. The first-order valence-corrected chi connectivity index (χ1v) is 3.65. The number of fused-ring (bicyclic) bond motifs is 1. The Morgan fingerprint density at radius 1 is 1.25 bits per heavy atom. The fourth-order valence-corrected chi connectivity index (χ4v) is 1.25. The third-order valence-corrected chi connectivity index (χ3v) is 1.81. The van der Waals surface area contributed by atoms with Crippen LogP contribution in [0.1, 0.15) is 15.9 Å². The van der Waals surface area contributed by atoms with E-state index in [2.05, 4.69) is 9.28 Å². The van der Waals surface area contributed by atoms with Gasteiger partial charge in [0.15, 0.2) is 0 Å². The molecule has 2 rings (SSSR count). The molecule has 0 N–H and O–H groups in total. The van der Waals surface area contributed by atoms with Crippen molar-refractivity contribution in [3.8, 4) is 0 Å². The summed E-state index contributed by atoms with van der Waals surface area (Å²) >= 11 is 5.12. The van der Waals surface area contributed by atoms with E-state index in [1.165, 1.54) is 0 Å². The van der Waals surface area contributed by atoms with Crippen molar-refractivity contribution in [2.75, 3.05) is 0 Å². The summed E-state index contributed by atoms with van der Waals surface area (Å²) in [6.45, 7) is 0. The number of halogens is 1. The number of amides is 1. The molecule has 1 amide bonds. The Morgan fingerprint density at radius 2 is 1.92 bits per heavy atom. The van der Waals surface area contributed by atoms with Crippen LogP contribution in [0.5, 0.6) is 0 Å². The van der Waals surface area contributed by atoms with Crippen molar-refractivity contribution in [2.24, 2.45) is 4.99 Å². The predicted octanol–water partition coefficient (Wildman–Crippen LogP) is 1.76. The Bertz CT molecular complexity index is 373. The number of carbonyl (C=O) groups is 1. The number of rotatable bonds is 0. The van der Waals surface area contributed by atoms with Crippen molar-refractivity contribution < 1.29 is 9.08 Å². The smallest absolute Gasteiger partial charge is 0.281 e. The van der Waals surface area contributed by atoms with Gasteiger partial charge in [-0.3, -0.25) is 4.79 Å². The lowest BCUT2D eigenvalue weighted by Gasteiger charge is -1.95. The molecule has 0 bridgehead atoms. The highest BCUT2D eigenvalue weighted by molar-refractivity contribution is 6.25. The van der Waals surface area contributed by atoms with Gasteiger partial charge >= 0.3 is 0 Å². The Hall–Kier alpha value is -1.35. The highest BCUT2D eigenvalue weighted by Gasteiger charge is 2.23. The van der Waals surface area contributed by atoms with Gasteiger partial charge in [-0.15, -0.1) is 0 Å². The van der Waals surface area contributed by atoms with Crippen LogP contribution in [-0.2, 0) is 4.29 Å². The van der Waals surface area contributed by atoms with E-state index in [-0.39, 0.29) is 11.8 Å². The lowest BCUT2D eigenvalue weighted by atomic mass is 10.1. The first kappa shape index (κ1) is 7.31. The molecule has 0 saturated carbocycles. The Labute approximate surface area is 73.8 Å². The number of aliphatic imine (C=N–C) groups is 1. The van der Waals surface area contributed by atoms with Gasteiger partial charge in [0.25, 0.3) is 5.91 Å².